The van der Waals surface area contributed by atoms with Crippen molar-refractivity contribution in [2.24, 2.45) is 0 Å². The Bertz CT molecular complexity index is 1420. The first-order valence-electron chi connectivity index (χ1n) is 10.8. The predicted octanol–water partition coefficient (Wildman–Crippen LogP) is 5.60. The Morgan fingerprint density at radius 1 is 1.09 bits per heavy atom. The molecule has 0 radical (unpaired) electrons. The zero-order valence-corrected chi connectivity index (χ0v) is 18.4. The highest BCUT2D eigenvalue weighted by Crippen LogP contribution is 2.35. The summed E-state index contributed by atoms with van der Waals surface area (Å²) < 4.78 is 10.8. The molecule has 0 aliphatic heterocycles. The van der Waals surface area contributed by atoms with Gasteiger partial charge in [-0.05, 0) is 43.2 Å². The predicted molar refractivity (Wildman–Crippen MR) is 127 cm³/mol. The van der Waals surface area contributed by atoms with Gasteiger partial charge in [0, 0.05) is 35.3 Å². The molecule has 0 unspecified atom stereocenters. The number of aromatic nitrogens is 2. The Morgan fingerprint density at radius 2 is 1.94 bits per heavy atom. The van der Waals surface area contributed by atoms with Gasteiger partial charge in [0.1, 0.15) is 11.6 Å². The van der Waals surface area contributed by atoms with Crippen molar-refractivity contribution in [2.75, 3.05) is 19.1 Å². The van der Waals surface area contributed by atoms with Crippen LogP contribution in [0.1, 0.15) is 19.3 Å². The number of hydrogen-bond donors (Lipinski definition) is 1. The largest absolute Gasteiger partial charge is 0.497 e. The molecule has 0 saturated carbocycles. The number of allylic oxidation sites excluding steroid dienone is 2. The fraction of sp³-hybridized carbons (Fsp3) is 0.192. The molecule has 0 bridgehead atoms. The van der Waals surface area contributed by atoms with Gasteiger partial charge < -0.3 is 14.5 Å². The van der Waals surface area contributed by atoms with Gasteiger partial charge in [0.15, 0.2) is 11.5 Å². The Balaban J connectivity index is 1.63. The van der Waals surface area contributed by atoms with Gasteiger partial charge >= 0.3 is 6.09 Å². The summed E-state index contributed by atoms with van der Waals surface area (Å²) in [6, 6.07) is 17.4. The number of pyridine rings is 1. The van der Waals surface area contributed by atoms with E-state index in [0.717, 1.165) is 40.2 Å². The van der Waals surface area contributed by atoms with Crippen LogP contribution in [0.4, 0.5) is 10.6 Å². The summed E-state index contributed by atoms with van der Waals surface area (Å²) in [7, 11) is 3.21. The van der Waals surface area contributed by atoms with Crippen LogP contribution < -0.4 is 9.64 Å². The number of carbonyl (C=O) groups is 2. The molecular weight excluding hydrogens is 418 g/mol. The molecule has 1 N–H and O–H groups in total. The Labute approximate surface area is 190 Å². The number of rotatable bonds is 4. The molecule has 1 aliphatic carbocycles. The van der Waals surface area contributed by atoms with Crippen LogP contribution in [0.15, 0.2) is 66.4 Å². The number of anilines is 1. The molecule has 0 fully saturated rings. The average molecular weight is 441 g/mol. The number of benzene rings is 2. The fourth-order valence-corrected chi connectivity index (χ4v) is 4.07. The van der Waals surface area contributed by atoms with E-state index in [9.17, 15) is 9.59 Å². The van der Waals surface area contributed by atoms with E-state index >= 15 is 0 Å². The third-order valence-corrected chi connectivity index (χ3v) is 5.85. The van der Waals surface area contributed by atoms with Crippen molar-refractivity contribution in [3.63, 3.8) is 0 Å². The van der Waals surface area contributed by atoms with Gasteiger partial charge in [0.25, 0.3) is 0 Å². The normalized spacial score (nSPS) is 13.8. The fourth-order valence-electron chi connectivity index (χ4n) is 4.07. The van der Waals surface area contributed by atoms with Crippen molar-refractivity contribution in [1.29, 1.82) is 0 Å². The average Bonchev–Trinajstić information content (AvgIpc) is 3.23. The molecule has 4 aromatic rings. The highest BCUT2D eigenvalue weighted by Gasteiger charge is 2.23. The van der Waals surface area contributed by atoms with Crippen LogP contribution in [-0.4, -0.2) is 36.0 Å². The second kappa shape index (κ2) is 8.43. The van der Waals surface area contributed by atoms with Crippen molar-refractivity contribution < 1.29 is 19.1 Å². The van der Waals surface area contributed by atoms with Crippen molar-refractivity contribution >= 4 is 39.5 Å². The van der Waals surface area contributed by atoms with Crippen LogP contribution in [0.25, 0.3) is 33.1 Å². The molecule has 2 aromatic heterocycles. The van der Waals surface area contributed by atoms with Gasteiger partial charge in [0.2, 0.25) is 0 Å². The number of fused-ring (bicyclic) bond motifs is 3. The van der Waals surface area contributed by atoms with Crippen LogP contribution in [0.2, 0.25) is 0 Å². The maximum absolute atomic E-state index is 12.9. The monoisotopic (exact) mass is 441 g/mol. The first-order valence-corrected chi connectivity index (χ1v) is 10.8. The summed E-state index contributed by atoms with van der Waals surface area (Å²) in [5, 5.41) is 1.95. The summed E-state index contributed by atoms with van der Waals surface area (Å²) in [6.07, 6.45) is 2.91. The van der Waals surface area contributed by atoms with E-state index in [4.69, 9.17) is 14.5 Å². The standard InChI is InChI=1S/C26H23N3O4/c1-29(26(31)33-22-13-6-5-12-21(22)30)23-15-19-18-10-3-4-11-20(18)27-25(19)24(28-23)16-8-7-9-17(14-16)32-2/h3-4,7-11,13-15,27H,5-6,12H2,1-2H3. The second-order valence-corrected chi connectivity index (χ2v) is 7.96. The number of para-hydroxylation sites is 1. The van der Waals surface area contributed by atoms with Crippen molar-refractivity contribution in [1.82, 2.24) is 9.97 Å². The zero-order chi connectivity index (χ0) is 22.9. The molecule has 0 atom stereocenters. The number of ether oxygens (including phenoxy) is 2. The minimum Gasteiger partial charge on any atom is -0.497 e. The molecule has 2 aromatic carbocycles. The van der Waals surface area contributed by atoms with E-state index in [-0.39, 0.29) is 11.5 Å². The zero-order valence-electron chi connectivity index (χ0n) is 18.4. The molecule has 5 rings (SSSR count). The van der Waals surface area contributed by atoms with Crippen molar-refractivity contribution in [3.8, 4) is 17.0 Å². The van der Waals surface area contributed by atoms with E-state index in [2.05, 4.69) is 4.98 Å². The van der Waals surface area contributed by atoms with Gasteiger partial charge in [-0.25, -0.2) is 9.78 Å². The molecule has 1 amide bonds. The number of carbonyl (C=O) groups excluding carboxylic acids is 2. The summed E-state index contributed by atoms with van der Waals surface area (Å²) >= 11 is 0. The quantitative estimate of drug-likeness (QED) is 0.446. The van der Waals surface area contributed by atoms with Gasteiger partial charge in [-0.15, -0.1) is 0 Å². The SMILES string of the molecule is COc1cccc(-c2nc(N(C)C(=O)OC3=CCCCC3=O)cc3c2[nH]c2ccccc23)c1. The number of aromatic amines is 1. The Hall–Kier alpha value is -4.13. The third kappa shape index (κ3) is 3.82. The number of Topliss-reactive ketones (excluding diaryl/α,β-unsaturated/α-hetero) is 1. The van der Waals surface area contributed by atoms with E-state index in [1.807, 2.05) is 54.6 Å². The Morgan fingerprint density at radius 3 is 2.76 bits per heavy atom. The van der Waals surface area contributed by atoms with Crippen molar-refractivity contribution in [3.05, 3.63) is 66.4 Å². The number of amides is 1. The van der Waals surface area contributed by atoms with Gasteiger partial charge in [-0.1, -0.05) is 30.3 Å². The first kappa shape index (κ1) is 20.8. The second-order valence-electron chi connectivity index (χ2n) is 7.96. The molecule has 0 spiro atoms. The van der Waals surface area contributed by atoms with E-state index < -0.39 is 6.09 Å². The molecule has 2 heterocycles. The summed E-state index contributed by atoms with van der Waals surface area (Å²) in [4.78, 5) is 34.6. The van der Waals surface area contributed by atoms with E-state index in [1.54, 1.807) is 20.2 Å². The van der Waals surface area contributed by atoms with Gasteiger partial charge in [-0.2, -0.15) is 0 Å². The summed E-state index contributed by atoms with van der Waals surface area (Å²) in [6.45, 7) is 0. The first-order chi connectivity index (χ1) is 16.0. The van der Waals surface area contributed by atoms with Crippen LogP contribution in [-0.2, 0) is 9.53 Å². The lowest BCUT2D eigenvalue weighted by molar-refractivity contribution is -0.118. The smallest absolute Gasteiger partial charge is 0.420 e. The summed E-state index contributed by atoms with van der Waals surface area (Å²) in [5.74, 6) is 1.08. The van der Waals surface area contributed by atoms with Crippen LogP contribution in [0.3, 0.4) is 0 Å². The van der Waals surface area contributed by atoms with Crippen LogP contribution in [0.5, 0.6) is 5.75 Å². The topological polar surface area (TPSA) is 84.5 Å². The van der Waals surface area contributed by atoms with Crippen LogP contribution >= 0.6 is 0 Å². The Kier molecular flexibility index (Phi) is 5.30. The highest BCUT2D eigenvalue weighted by atomic mass is 16.6. The lowest BCUT2D eigenvalue weighted by atomic mass is 10.1. The molecule has 7 nitrogen and oxygen atoms in total. The number of hydrogen-bond acceptors (Lipinski definition) is 5. The number of methoxy groups -OCH3 is 1. The maximum Gasteiger partial charge on any atom is 0.420 e. The van der Waals surface area contributed by atoms with E-state index in [1.165, 1.54) is 4.90 Å². The molecule has 33 heavy (non-hydrogen) atoms. The third-order valence-electron chi connectivity index (χ3n) is 5.85. The number of nitrogens with one attached hydrogen (secondary N) is 1. The van der Waals surface area contributed by atoms with Gasteiger partial charge in [-0.3, -0.25) is 9.69 Å². The minimum atomic E-state index is -0.653. The number of nitrogens with zero attached hydrogens (tertiary/aromatic N) is 2. The summed E-state index contributed by atoms with van der Waals surface area (Å²) in [5.41, 5.74) is 3.36. The highest BCUT2D eigenvalue weighted by molar-refractivity contribution is 6.12. The maximum atomic E-state index is 12.9. The number of ketones is 1. The molecule has 7 heteroatoms. The molecular formula is C26H23N3O4. The lowest BCUT2D eigenvalue weighted by Gasteiger charge is -2.19. The van der Waals surface area contributed by atoms with Crippen LogP contribution in [0, 0.1) is 0 Å². The van der Waals surface area contributed by atoms with E-state index in [0.29, 0.717) is 23.7 Å². The van der Waals surface area contributed by atoms with Gasteiger partial charge in [0.05, 0.1) is 18.3 Å². The minimum absolute atomic E-state index is 0.110. The molecule has 0 saturated heterocycles. The lowest BCUT2D eigenvalue weighted by Crippen LogP contribution is -2.29. The number of H-pyrrole nitrogens is 1. The molecule has 166 valence electrons. The molecule has 1 aliphatic rings. The van der Waals surface area contributed by atoms with Crippen molar-refractivity contribution in [2.45, 2.75) is 19.3 Å².